The number of hydrogen-bond acceptors (Lipinski definition) is 5. The molecule has 2 aromatic heterocycles. The van der Waals surface area contributed by atoms with Crippen LogP contribution in [0.2, 0.25) is 0 Å². The van der Waals surface area contributed by atoms with Crippen LogP contribution in [0.15, 0.2) is 18.6 Å². The lowest BCUT2D eigenvalue weighted by atomic mass is 10.0. The number of ketones is 1. The lowest BCUT2D eigenvalue weighted by molar-refractivity contribution is 0.0945. The highest BCUT2D eigenvalue weighted by molar-refractivity contribution is 6.01. The molecule has 0 spiro atoms. The van der Waals surface area contributed by atoms with Crippen LogP contribution in [0.1, 0.15) is 42.0 Å². The average Bonchev–Trinajstić information content (AvgIpc) is 3.02. The molecule has 0 fully saturated rings. The van der Waals surface area contributed by atoms with E-state index in [9.17, 15) is 4.79 Å². The predicted molar refractivity (Wildman–Crippen MR) is 73.6 cm³/mol. The first-order valence-electron chi connectivity index (χ1n) is 6.35. The Bertz CT molecular complexity index is 614. The molecule has 2 rings (SSSR count). The van der Waals surface area contributed by atoms with E-state index in [0.29, 0.717) is 17.0 Å². The largest absolute Gasteiger partial charge is 0.493 e. The third-order valence-corrected chi connectivity index (χ3v) is 3.07. The number of aromatic nitrogens is 4. The highest BCUT2D eigenvalue weighted by atomic mass is 16.5. The first kappa shape index (κ1) is 14.3. The molecule has 2 heterocycles. The molecule has 1 atom stereocenters. The Kier molecular flexibility index (Phi) is 3.89. The number of hydrogen-bond donors (Lipinski definition) is 1. The Morgan fingerprint density at radius 3 is 2.55 bits per heavy atom. The molecule has 0 aliphatic rings. The highest BCUT2D eigenvalue weighted by Gasteiger charge is 2.27. The van der Waals surface area contributed by atoms with E-state index >= 15 is 0 Å². The van der Waals surface area contributed by atoms with Crippen LogP contribution in [0.4, 0.5) is 0 Å². The number of carbonyl (C=O) groups excluding carboxylic acids is 1. The normalized spacial score (nSPS) is 12.7. The Morgan fingerprint density at radius 1 is 1.35 bits per heavy atom. The lowest BCUT2D eigenvalue weighted by Gasteiger charge is -2.14. The summed E-state index contributed by atoms with van der Waals surface area (Å²) >= 11 is 0. The van der Waals surface area contributed by atoms with E-state index in [2.05, 4.69) is 10.2 Å². The minimum Gasteiger partial charge on any atom is -0.493 e. The first-order chi connectivity index (χ1) is 9.45. The van der Waals surface area contributed by atoms with E-state index < -0.39 is 6.04 Å². The quantitative estimate of drug-likeness (QED) is 0.826. The molecule has 2 N–H and O–H groups in total. The van der Waals surface area contributed by atoms with Gasteiger partial charge in [-0.2, -0.15) is 10.2 Å². The van der Waals surface area contributed by atoms with Gasteiger partial charge in [0.25, 0.3) is 0 Å². The maximum Gasteiger partial charge on any atom is 0.205 e. The van der Waals surface area contributed by atoms with Crippen molar-refractivity contribution in [3.8, 4) is 5.75 Å². The molecule has 0 radical (unpaired) electrons. The van der Waals surface area contributed by atoms with Crippen LogP contribution in [-0.2, 0) is 7.05 Å². The number of methoxy groups -OCH3 is 1. The number of nitrogens with zero attached hydrogens (tertiary/aromatic N) is 4. The van der Waals surface area contributed by atoms with Crippen molar-refractivity contribution in [2.45, 2.75) is 25.9 Å². The summed E-state index contributed by atoms with van der Waals surface area (Å²) in [5.41, 5.74) is 7.09. The van der Waals surface area contributed by atoms with Crippen LogP contribution in [-0.4, -0.2) is 32.5 Å². The average molecular weight is 277 g/mol. The Morgan fingerprint density at radius 2 is 2.05 bits per heavy atom. The zero-order valence-electron chi connectivity index (χ0n) is 12.1. The van der Waals surface area contributed by atoms with E-state index in [0.717, 1.165) is 0 Å². The third-order valence-electron chi connectivity index (χ3n) is 3.07. The molecule has 0 amide bonds. The van der Waals surface area contributed by atoms with Gasteiger partial charge in [0.15, 0.2) is 5.75 Å². The van der Waals surface area contributed by atoms with Crippen LogP contribution in [0, 0.1) is 0 Å². The summed E-state index contributed by atoms with van der Waals surface area (Å²) < 4.78 is 8.44. The monoisotopic (exact) mass is 277 g/mol. The topological polar surface area (TPSA) is 88.0 Å². The summed E-state index contributed by atoms with van der Waals surface area (Å²) in [4.78, 5) is 12.6. The van der Waals surface area contributed by atoms with Gasteiger partial charge < -0.3 is 10.5 Å². The van der Waals surface area contributed by atoms with Gasteiger partial charge in [-0.1, -0.05) is 0 Å². The van der Waals surface area contributed by atoms with Crippen molar-refractivity contribution in [3.05, 3.63) is 29.8 Å². The van der Waals surface area contributed by atoms with Gasteiger partial charge in [0.05, 0.1) is 25.5 Å². The molecule has 0 saturated heterocycles. The number of rotatable bonds is 5. The highest BCUT2D eigenvalue weighted by Crippen LogP contribution is 2.25. The second kappa shape index (κ2) is 5.46. The van der Waals surface area contributed by atoms with E-state index in [4.69, 9.17) is 10.5 Å². The molecular formula is C13H19N5O2. The molecule has 2 aromatic rings. The van der Waals surface area contributed by atoms with E-state index in [1.54, 1.807) is 28.8 Å². The van der Waals surface area contributed by atoms with Crippen molar-refractivity contribution in [2.24, 2.45) is 12.8 Å². The van der Waals surface area contributed by atoms with Crippen LogP contribution < -0.4 is 10.5 Å². The minimum atomic E-state index is -0.785. The van der Waals surface area contributed by atoms with Crippen molar-refractivity contribution in [3.63, 3.8) is 0 Å². The van der Waals surface area contributed by atoms with Crippen molar-refractivity contribution >= 4 is 5.78 Å². The first-order valence-corrected chi connectivity index (χ1v) is 6.35. The van der Waals surface area contributed by atoms with Gasteiger partial charge in [-0.05, 0) is 13.8 Å². The molecule has 0 aromatic carbocycles. The van der Waals surface area contributed by atoms with Gasteiger partial charge in [-0.3, -0.25) is 14.2 Å². The second-order valence-corrected chi connectivity index (χ2v) is 4.89. The predicted octanol–water partition coefficient (Wildman–Crippen LogP) is 1.09. The van der Waals surface area contributed by atoms with E-state index in [1.165, 1.54) is 13.3 Å². The maximum absolute atomic E-state index is 12.6. The zero-order valence-corrected chi connectivity index (χ0v) is 12.1. The van der Waals surface area contributed by atoms with Crippen LogP contribution in [0.25, 0.3) is 0 Å². The molecule has 7 heteroatoms. The van der Waals surface area contributed by atoms with Crippen molar-refractivity contribution in [1.29, 1.82) is 0 Å². The van der Waals surface area contributed by atoms with Crippen LogP contribution in [0.5, 0.6) is 5.75 Å². The number of ether oxygens (including phenoxy) is 1. The summed E-state index contributed by atoms with van der Waals surface area (Å²) in [5, 5.41) is 8.22. The molecule has 7 nitrogen and oxygen atoms in total. The molecule has 0 aliphatic heterocycles. The summed E-state index contributed by atoms with van der Waals surface area (Å²) in [7, 11) is 3.29. The standard InChI is InChI=1S/C13H19N5O2/c1-8(2)18-12(10(20-4)6-16-18)13(19)11(14)9-5-15-17(3)7-9/h5-8,11H,14H2,1-4H3. The second-order valence-electron chi connectivity index (χ2n) is 4.89. The smallest absolute Gasteiger partial charge is 0.205 e. The summed E-state index contributed by atoms with van der Waals surface area (Å²) in [6, 6.07) is -0.745. The van der Waals surface area contributed by atoms with Gasteiger partial charge in [-0.25, -0.2) is 0 Å². The molecule has 0 bridgehead atoms. The number of Topliss-reactive ketones (excluding diaryl/α,β-unsaturated/α-hetero) is 1. The third kappa shape index (κ3) is 2.44. The van der Waals surface area contributed by atoms with Crippen molar-refractivity contribution < 1.29 is 9.53 Å². The van der Waals surface area contributed by atoms with Crippen LogP contribution in [0.3, 0.4) is 0 Å². The van der Waals surface area contributed by atoms with E-state index in [-0.39, 0.29) is 11.8 Å². The molecule has 0 aliphatic carbocycles. The van der Waals surface area contributed by atoms with Crippen molar-refractivity contribution in [2.75, 3.05) is 7.11 Å². The summed E-state index contributed by atoms with van der Waals surface area (Å²) in [6.45, 7) is 3.89. The fraction of sp³-hybridized carbons (Fsp3) is 0.462. The van der Waals surface area contributed by atoms with Gasteiger partial charge in [-0.15, -0.1) is 0 Å². The Balaban J connectivity index is 2.40. The zero-order chi connectivity index (χ0) is 14.9. The van der Waals surface area contributed by atoms with Gasteiger partial charge in [0.1, 0.15) is 5.69 Å². The van der Waals surface area contributed by atoms with Gasteiger partial charge in [0, 0.05) is 24.8 Å². The van der Waals surface area contributed by atoms with Gasteiger partial charge >= 0.3 is 0 Å². The number of nitrogens with two attached hydrogens (primary N) is 1. The molecule has 1 unspecified atom stereocenters. The minimum absolute atomic E-state index is 0.0407. The molecule has 108 valence electrons. The van der Waals surface area contributed by atoms with Gasteiger partial charge in [0.2, 0.25) is 5.78 Å². The number of carbonyl (C=O) groups is 1. The van der Waals surface area contributed by atoms with E-state index in [1.807, 2.05) is 13.8 Å². The van der Waals surface area contributed by atoms with Crippen LogP contribution >= 0.6 is 0 Å². The molecule has 0 saturated carbocycles. The number of aryl methyl sites for hydroxylation is 1. The Labute approximate surface area is 117 Å². The fourth-order valence-electron chi connectivity index (χ4n) is 2.02. The Hall–Kier alpha value is -2.15. The molecular weight excluding hydrogens is 258 g/mol. The SMILES string of the molecule is COc1cnn(C(C)C)c1C(=O)C(N)c1cnn(C)c1. The summed E-state index contributed by atoms with van der Waals surface area (Å²) in [5.74, 6) is 0.198. The summed E-state index contributed by atoms with van der Waals surface area (Å²) in [6.07, 6.45) is 4.85. The fourth-order valence-corrected chi connectivity index (χ4v) is 2.02. The lowest BCUT2D eigenvalue weighted by Crippen LogP contribution is -2.25. The maximum atomic E-state index is 12.6. The molecule has 20 heavy (non-hydrogen) atoms. The van der Waals surface area contributed by atoms with Crippen molar-refractivity contribution in [1.82, 2.24) is 19.6 Å².